The van der Waals surface area contributed by atoms with Crippen LogP contribution < -0.4 is 10.6 Å². The molecular formula is C19H24N4O2. The molecule has 2 amide bonds. The van der Waals surface area contributed by atoms with Gasteiger partial charge in [-0.2, -0.15) is 0 Å². The van der Waals surface area contributed by atoms with Crippen LogP contribution in [0.3, 0.4) is 0 Å². The summed E-state index contributed by atoms with van der Waals surface area (Å²) in [5.41, 5.74) is 2.20. The quantitative estimate of drug-likeness (QED) is 0.759. The number of pyridine rings is 1. The fourth-order valence-electron chi connectivity index (χ4n) is 2.29. The predicted octanol–water partition coefficient (Wildman–Crippen LogP) is 2.32. The van der Waals surface area contributed by atoms with Crippen LogP contribution in [0.5, 0.6) is 0 Å². The molecule has 2 rings (SSSR count). The summed E-state index contributed by atoms with van der Waals surface area (Å²) >= 11 is 0. The van der Waals surface area contributed by atoms with Crippen LogP contribution in [-0.2, 0) is 0 Å². The molecule has 0 aliphatic heterocycles. The second-order valence-electron chi connectivity index (χ2n) is 6.14. The van der Waals surface area contributed by atoms with Gasteiger partial charge in [0, 0.05) is 12.2 Å². The SMILES string of the molecule is Cc1cccc(NC(=O)c2cccc(C(=O)NCCCN(C)C)n2)c1. The van der Waals surface area contributed by atoms with Gasteiger partial charge in [-0.05, 0) is 63.8 Å². The number of benzene rings is 1. The second kappa shape index (κ2) is 8.94. The maximum absolute atomic E-state index is 12.3. The van der Waals surface area contributed by atoms with Gasteiger partial charge in [-0.3, -0.25) is 9.59 Å². The normalized spacial score (nSPS) is 10.6. The maximum Gasteiger partial charge on any atom is 0.274 e. The Bertz CT molecular complexity index is 744. The van der Waals surface area contributed by atoms with Crippen molar-refractivity contribution in [2.24, 2.45) is 0 Å². The van der Waals surface area contributed by atoms with Crippen molar-refractivity contribution < 1.29 is 9.59 Å². The highest BCUT2D eigenvalue weighted by molar-refractivity contribution is 6.03. The average Bonchev–Trinajstić information content (AvgIpc) is 2.58. The van der Waals surface area contributed by atoms with Crippen LogP contribution in [0.15, 0.2) is 42.5 Å². The van der Waals surface area contributed by atoms with Gasteiger partial charge in [-0.15, -0.1) is 0 Å². The number of nitrogens with zero attached hydrogens (tertiary/aromatic N) is 2. The molecule has 0 aliphatic carbocycles. The number of aryl methyl sites for hydroxylation is 1. The standard InChI is InChI=1S/C19H24N4O2/c1-14-7-4-8-15(13-14)21-19(25)17-10-5-9-16(22-17)18(24)20-11-6-12-23(2)3/h4-5,7-10,13H,6,11-12H2,1-3H3,(H,20,24)(H,21,25). The number of aromatic nitrogens is 1. The van der Waals surface area contributed by atoms with Gasteiger partial charge in [-0.25, -0.2) is 4.98 Å². The van der Waals surface area contributed by atoms with Crippen molar-refractivity contribution in [3.63, 3.8) is 0 Å². The van der Waals surface area contributed by atoms with E-state index in [-0.39, 0.29) is 23.2 Å². The van der Waals surface area contributed by atoms with Crippen LogP contribution in [-0.4, -0.2) is 48.9 Å². The zero-order valence-corrected chi connectivity index (χ0v) is 14.9. The molecule has 132 valence electrons. The van der Waals surface area contributed by atoms with Crippen LogP contribution in [0.25, 0.3) is 0 Å². The largest absolute Gasteiger partial charge is 0.351 e. The molecule has 1 aromatic carbocycles. The molecule has 0 bridgehead atoms. The van der Waals surface area contributed by atoms with Crippen molar-refractivity contribution >= 4 is 17.5 Å². The molecule has 0 atom stereocenters. The monoisotopic (exact) mass is 340 g/mol. The fraction of sp³-hybridized carbons (Fsp3) is 0.316. The molecule has 0 spiro atoms. The van der Waals surface area contributed by atoms with E-state index < -0.39 is 0 Å². The summed E-state index contributed by atoms with van der Waals surface area (Å²) in [5.74, 6) is -0.614. The first kappa shape index (κ1) is 18.6. The first-order valence-electron chi connectivity index (χ1n) is 8.24. The Labute approximate surface area is 148 Å². The van der Waals surface area contributed by atoms with Crippen LogP contribution >= 0.6 is 0 Å². The highest BCUT2D eigenvalue weighted by Gasteiger charge is 2.12. The van der Waals surface area contributed by atoms with Crippen molar-refractivity contribution in [1.29, 1.82) is 0 Å². The lowest BCUT2D eigenvalue weighted by molar-refractivity contribution is 0.0947. The summed E-state index contributed by atoms with van der Waals surface area (Å²) in [5, 5.41) is 5.61. The Morgan fingerprint density at radius 2 is 1.72 bits per heavy atom. The van der Waals surface area contributed by atoms with Gasteiger partial charge in [0.2, 0.25) is 0 Å². The maximum atomic E-state index is 12.3. The Morgan fingerprint density at radius 3 is 2.40 bits per heavy atom. The zero-order chi connectivity index (χ0) is 18.2. The number of hydrogen-bond acceptors (Lipinski definition) is 4. The average molecular weight is 340 g/mol. The van der Waals surface area contributed by atoms with E-state index >= 15 is 0 Å². The van der Waals surface area contributed by atoms with E-state index in [2.05, 4.69) is 20.5 Å². The van der Waals surface area contributed by atoms with Crippen molar-refractivity contribution in [3.05, 3.63) is 59.4 Å². The van der Waals surface area contributed by atoms with E-state index in [1.807, 2.05) is 45.3 Å². The van der Waals surface area contributed by atoms with E-state index in [9.17, 15) is 9.59 Å². The van der Waals surface area contributed by atoms with Crippen LogP contribution in [0, 0.1) is 6.92 Å². The number of nitrogens with one attached hydrogen (secondary N) is 2. The minimum Gasteiger partial charge on any atom is -0.351 e. The molecule has 2 aromatic rings. The molecule has 0 unspecified atom stereocenters. The first-order chi connectivity index (χ1) is 12.0. The lowest BCUT2D eigenvalue weighted by atomic mass is 10.2. The van der Waals surface area contributed by atoms with E-state index in [1.165, 1.54) is 0 Å². The number of rotatable bonds is 7. The highest BCUT2D eigenvalue weighted by atomic mass is 16.2. The summed E-state index contributed by atoms with van der Waals surface area (Å²) < 4.78 is 0. The van der Waals surface area contributed by atoms with Gasteiger partial charge < -0.3 is 15.5 Å². The number of amides is 2. The van der Waals surface area contributed by atoms with Gasteiger partial charge in [0.05, 0.1) is 0 Å². The summed E-state index contributed by atoms with van der Waals surface area (Å²) in [7, 11) is 3.97. The van der Waals surface area contributed by atoms with Crippen molar-refractivity contribution in [1.82, 2.24) is 15.2 Å². The van der Waals surface area contributed by atoms with E-state index in [0.29, 0.717) is 12.2 Å². The van der Waals surface area contributed by atoms with Crippen LogP contribution in [0.2, 0.25) is 0 Å². The van der Waals surface area contributed by atoms with E-state index in [0.717, 1.165) is 18.5 Å². The van der Waals surface area contributed by atoms with Crippen LogP contribution in [0.4, 0.5) is 5.69 Å². The van der Waals surface area contributed by atoms with Gasteiger partial charge >= 0.3 is 0 Å². The lowest BCUT2D eigenvalue weighted by Crippen LogP contribution is -2.28. The Balaban J connectivity index is 1.97. The van der Waals surface area contributed by atoms with Crippen LogP contribution in [0.1, 0.15) is 33.0 Å². The number of carbonyl (C=O) groups is 2. The van der Waals surface area contributed by atoms with Gasteiger partial charge in [0.1, 0.15) is 11.4 Å². The van der Waals surface area contributed by atoms with E-state index in [1.54, 1.807) is 18.2 Å². The zero-order valence-electron chi connectivity index (χ0n) is 14.9. The third-order valence-corrected chi connectivity index (χ3v) is 3.56. The second-order valence-corrected chi connectivity index (χ2v) is 6.14. The minimum absolute atomic E-state index is 0.211. The molecule has 1 heterocycles. The van der Waals surface area contributed by atoms with Gasteiger partial charge in [-0.1, -0.05) is 18.2 Å². The van der Waals surface area contributed by atoms with Gasteiger partial charge in [0.25, 0.3) is 11.8 Å². The summed E-state index contributed by atoms with van der Waals surface area (Å²) in [6.07, 6.45) is 0.853. The molecule has 0 saturated heterocycles. The fourth-order valence-corrected chi connectivity index (χ4v) is 2.29. The van der Waals surface area contributed by atoms with Crippen molar-refractivity contribution in [2.45, 2.75) is 13.3 Å². The Kier molecular flexibility index (Phi) is 6.65. The minimum atomic E-state index is -0.340. The Morgan fingerprint density at radius 1 is 1.04 bits per heavy atom. The first-order valence-corrected chi connectivity index (χ1v) is 8.24. The van der Waals surface area contributed by atoms with Gasteiger partial charge in [0.15, 0.2) is 0 Å². The molecule has 0 radical (unpaired) electrons. The summed E-state index contributed by atoms with van der Waals surface area (Å²) in [6, 6.07) is 12.4. The summed E-state index contributed by atoms with van der Waals surface area (Å²) in [4.78, 5) is 30.7. The molecule has 25 heavy (non-hydrogen) atoms. The van der Waals surface area contributed by atoms with E-state index in [4.69, 9.17) is 0 Å². The molecule has 0 saturated carbocycles. The van der Waals surface area contributed by atoms with Crippen molar-refractivity contribution in [3.8, 4) is 0 Å². The molecule has 1 aromatic heterocycles. The predicted molar refractivity (Wildman–Crippen MR) is 98.9 cm³/mol. The van der Waals surface area contributed by atoms with Crippen molar-refractivity contribution in [2.75, 3.05) is 32.5 Å². The molecule has 6 nitrogen and oxygen atoms in total. The third-order valence-electron chi connectivity index (χ3n) is 3.56. The molecule has 2 N–H and O–H groups in total. The summed E-state index contributed by atoms with van der Waals surface area (Å²) in [6.45, 7) is 3.42. The molecule has 6 heteroatoms. The smallest absolute Gasteiger partial charge is 0.274 e. The number of hydrogen-bond donors (Lipinski definition) is 2. The molecular weight excluding hydrogens is 316 g/mol. The Hall–Kier alpha value is -2.73. The highest BCUT2D eigenvalue weighted by Crippen LogP contribution is 2.11. The number of carbonyl (C=O) groups excluding carboxylic acids is 2. The lowest BCUT2D eigenvalue weighted by Gasteiger charge is -2.10. The number of anilines is 1. The molecule has 0 aliphatic rings. The third kappa shape index (κ3) is 6.00. The molecule has 0 fully saturated rings. The topological polar surface area (TPSA) is 74.3 Å².